The third-order valence-corrected chi connectivity index (χ3v) is 5.25. The molecule has 4 rings (SSSR count). The lowest BCUT2D eigenvalue weighted by Gasteiger charge is -2.39. The lowest BCUT2D eigenvalue weighted by molar-refractivity contribution is -0.277. The van der Waals surface area contributed by atoms with Gasteiger partial charge in [0.15, 0.2) is 5.43 Å². The second-order valence-corrected chi connectivity index (χ2v) is 7.39. The molecule has 158 valence electrons. The van der Waals surface area contributed by atoms with Crippen LogP contribution in [0.25, 0.3) is 22.1 Å². The summed E-state index contributed by atoms with van der Waals surface area (Å²) in [5, 5.41) is 40.0. The summed E-state index contributed by atoms with van der Waals surface area (Å²) >= 11 is 5.89. The van der Waals surface area contributed by atoms with Gasteiger partial charge in [-0.3, -0.25) is 4.79 Å². The number of aliphatic hydroxyl groups excluding tert-OH is 4. The van der Waals surface area contributed by atoms with Crippen LogP contribution in [0.15, 0.2) is 57.9 Å². The van der Waals surface area contributed by atoms with Crippen LogP contribution in [0.5, 0.6) is 5.75 Å². The number of aliphatic hydroxyl groups is 4. The molecule has 1 fully saturated rings. The summed E-state index contributed by atoms with van der Waals surface area (Å²) in [5.74, 6) is 0.203. The maximum Gasteiger partial charge on any atom is 0.229 e. The van der Waals surface area contributed by atoms with Crippen molar-refractivity contribution in [3.63, 3.8) is 0 Å². The average Bonchev–Trinajstić information content (AvgIpc) is 2.75. The van der Waals surface area contributed by atoms with Crippen molar-refractivity contribution < 1.29 is 34.3 Å². The van der Waals surface area contributed by atoms with Crippen molar-refractivity contribution in [1.29, 1.82) is 0 Å². The molecule has 5 atom stereocenters. The Hall–Kier alpha value is -2.46. The fraction of sp³-hybridized carbons (Fsp3) is 0.286. The molecule has 2 heterocycles. The third kappa shape index (κ3) is 3.81. The van der Waals surface area contributed by atoms with Crippen molar-refractivity contribution in [2.75, 3.05) is 6.61 Å². The van der Waals surface area contributed by atoms with E-state index in [-0.39, 0.29) is 16.8 Å². The molecular formula is C21H19ClO8. The smallest absolute Gasteiger partial charge is 0.229 e. The molecule has 0 bridgehead atoms. The van der Waals surface area contributed by atoms with Gasteiger partial charge in [0.25, 0.3) is 0 Å². The molecule has 0 saturated carbocycles. The van der Waals surface area contributed by atoms with E-state index in [2.05, 4.69) is 0 Å². The van der Waals surface area contributed by atoms with Crippen LogP contribution in [0.4, 0.5) is 0 Å². The number of ether oxygens (including phenoxy) is 2. The van der Waals surface area contributed by atoms with Gasteiger partial charge in [0.2, 0.25) is 6.29 Å². The van der Waals surface area contributed by atoms with Crippen LogP contribution in [0.2, 0.25) is 5.02 Å². The highest BCUT2D eigenvalue weighted by Gasteiger charge is 2.44. The standard InChI is InChI=1S/C21H19ClO8/c22-11-3-1-10(2-4-11)14-9-28-15-7-12(5-6-13(15)17(14)24)29-21-20(27)19(26)18(25)16(8-23)30-21/h1-7,9,16,18-21,23,25-27H,8H2/t16-,18+,19+,20-,21+/m0/s1. The number of fused-ring (bicyclic) bond motifs is 1. The monoisotopic (exact) mass is 434 g/mol. The van der Waals surface area contributed by atoms with Gasteiger partial charge in [0.1, 0.15) is 42.0 Å². The first-order valence-electron chi connectivity index (χ1n) is 9.17. The molecule has 3 aromatic rings. The summed E-state index contributed by atoms with van der Waals surface area (Å²) in [6, 6.07) is 11.3. The number of hydrogen-bond acceptors (Lipinski definition) is 8. The molecule has 4 N–H and O–H groups in total. The van der Waals surface area contributed by atoms with E-state index in [1.54, 1.807) is 24.3 Å². The first kappa shape index (κ1) is 20.8. The van der Waals surface area contributed by atoms with Crippen molar-refractivity contribution in [1.82, 2.24) is 0 Å². The molecule has 0 spiro atoms. The predicted octanol–water partition coefficient (Wildman–Crippen LogP) is 1.29. The maximum atomic E-state index is 12.8. The van der Waals surface area contributed by atoms with Gasteiger partial charge in [-0.1, -0.05) is 23.7 Å². The van der Waals surface area contributed by atoms with Crippen LogP contribution in [-0.4, -0.2) is 57.7 Å². The molecule has 0 aliphatic carbocycles. The fourth-order valence-electron chi connectivity index (χ4n) is 3.31. The highest BCUT2D eigenvalue weighted by molar-refractivity contribution is 6.30. The van der Waals surface area contributed by atoms with E-state index < -0.39 is 37.3 Å². The molecule has 1 aromatic heterocycles. The van der Waals surface area contributed by atoms with Crippen molar-refractivity contribution in [2.45, 2.75) is 30.7 Å². The average molecular weight is 435 g/mol. The van der Waals surface area contributed by atoms with Gasteiger partial charge in [-0.05, 0) is 29.8 Å². The van der Waals surface area contributed by atoms with Crippen molar-refractivity contribution in [3.8, 4) is 16.9 Å². The van der Waals surface area contributed by atoms with Gasteiger partial charge in [-0.15, -0.1) is 0 Å². The maximum absolute atomic E-state index is 12.8. The van der Waals surface area contributed by atoms with Crippen LogP contribution >= 0.6 is 11.6 Å². The Labute approximate surface area is 175 Å². The van der Waals surface area contributed by atoms with Gasteiger partial charge in [-0.2, -0.15) is 0 Å². The lowest BCUT2D eigenvalue weighted by Crippen LogP contribution is -2.60. The normalized spacial score (nSPS) is 26.6. The first-order valence-corrected chi connectivity index (χ1v) is 9.55. The third-order valence-electron chi connectivity index (χ3n) is 5.00. The van der Waals surface area contributed by atoms with Gasteiger partial charge >= 0.3 is 0 Å². The van der Waals surface area contributed by atoms with E-state index in [9.17, 15) is 25.2 Å². The van der Waals surface area contributed by atoms with E-state index in [4.69, 9.17) is 25.5 Å². The van der Waals surface area contributed by atoms with Gasteiger partial charge in [-0.25, -0.2) is 0 Å². The SMILES string of the molecule is O=c1c(-c2ccc(Cl)cc2)coc2cc(O[C@@H]3O[C@@H](CO)[C@@H](O)[C@@H](O)[C@@H]3O)ccc12. The largest absolute Gasteiger partial charge is 0.463 e. The Balaban J connectivity index is 1.62. The second kappa shape index (κ2) is 8.35. The van der Waals surface area contributed by atoms with Crippen LogP contribution in [0.1, 0.15) is 0 Å². The molecule has 0 radical (unpaired) electrons. The molecule has 1 saturated heterocycles. The number of hydrogen-bond donors (Lipinski definition) is 4. The highest BCUT2D eigenvalue weighted by Crippen LogP contribution is 2.27. The zero-order valence-electron chi connectivity index (χ0n) is 15.5. The summed E-state index contributed by atoms with van der Waals surface area (Å²) in [6.07, 6.45) is -5.66. The first-order chi connectivity index (χ1) is 14.4. The predicted molar refractivity (Wildman–Crippen MR) is 107 cm³/mol. The minimum absolute atomic E-state index is 0.203. The topological polar surface area (TPSA) is 130 Å². The summed E-state index contributed by atoms with van der Waals surface area (Å²) in [4.78, 5) is 12.8. The van der Waals surface area contributed by atoms with E-state index >= 15 is 0 Å². The Morgan fingerprint density at radius 1 is 1.00 bits per heavy atom. The Morgan fingerprint density at radius 2 is 1.73 bits per heavy atom. The molecule has 8 nitrogen and oxygen atoms in total. The molecule has 1 aliphatic heterocycles. The summed E-state index contributed by atoms with van der Waals surface area (Å²) in [5.41, 5.74) is 1.05. The van der Waals surface area contributed by atoms with Crippen molar-refractivity contribution in [2.24, 2.45) is 0 Å². The Bertz CT molecular complexity index is 1090. The van der Waals surface area contributed by atoms with Crippen LogP contribution in [0, 0.1) is 0 Å². The zero-order valence-corrected chi connectivity index (χ0v) is 16.3. The van der Waals surface area contributed by atoms with Crippen molar-refractivity contribution >= 4 is 22.6 Å². The summed E-state index contributed by atoms with van der Waals surface area (Å²) < 4.78 is 16.5. The summed E-state index contributed by atoms with van der Waals surface area (Å²) in [7, 11) is 0. The molecule has 0 unspecified atom stereocenters. The molecule has 30 heavy (non-hydrogen) atoms. The van der Waals surface area contributed by atoms with Crippen LogP contribution in [0.3, 0.4) is 0 Å². The highest BCUT2D eigenvalue weighted by atomic mass is 35.5. The number of halogens is 1. The van der Waals surface area contributed by atoms with E-state index in [1.165, 1.54) is 24.5 Å². The van der Waals surface area contributed by atoms with Gasteiger partial charge < -0.3 is 34.3 Å². The number of rotatable bonds is 4. The zero-order chi connectivity index (χ0) is 21.4. The minimum atomic E-state index is -1.55. The van der Waals surface area contributed by atoms with E-state index in [0.717, 1.165) is 0 Å². The summed E-state index contributed by atoms with van der Waals surface area (Å²) in [6.45, 7) is -0.565. The van der Waals surface area contributed by atoms with E-state index in [1.807, 2.05) is 0 Å². The molecule has 2 aromatic carbocycles. The minimum Gasteiger partial charge on any atom is -0.463 e. The molecule has 0 amide bonds. The number of benzene rings is 2. The fourth-order valence-corrected chi connectivity index (χ4v) is 3.44. The second-order valence-electron chi connectivity index (χ2n) is 6.96. The van der Waals surface area contributed by atoms with E-state index in [0.29, 0.717) is 21.5 Å². The quantitative estimate of drug-likeness (QED) is 0.483. The molecular weight excluding hydrogens is 416 g/mol. The van der Waals surface area contributed by atoms with Crippen LogP contribution in [-0.2, 0) is 4.74 Å². The van der Waals surface area contributed by atoms with Crippen molar-refractivity contribution in [3.05, 3.63) is 64.0 Å². The van der Waals surface area contributed by atoms with Gasteiger partial charge in [0, 0.05) is 11.1 Å². The lowest BCUT2D eigenvalue weighted by atomic mass is 9.99. The van der Waals surface area contributed by atoms with Crippen LogP contribution < -0.4 is 10.2 Å². The Morgan fingerprint density at radius 3 is 2.43 bits per heavy atom. The Kier molecular flexibility index (Phi) is 5.79. The van der Waals surface area contributed by atoms with Gasteiger partial charge in [0.05, 0.1) is 17.6 Å². The molecule has 1 aliphatic rings. The molecule has 9 heteroatoms.